The minimum atomic E-state index is -3.42. The second kappa shape index (κ2) is 9.01. The van der Waals surface area contributed by atoms with Gasteiger partial charge in [-0.3, -0.25) is 0 Å². The normalized spacial score (nSPS) is 15.1. The highest BCUT2D eigenvalue weighted by Gasteiger charge is 2.30. The summed E-state index contributed by atoms with van der Waals surface area (Å²) in [6.07, 6.45) is 0.625. The van der Waals surface area contributed by atoms with Crippen LogP contribution in [-0.2, 0) is 9.84 Å². The fourth-order valence-corrected chi connectivity index (χ4v) is 6.90. The van der Waals surface area contributed by atoms with Gasteiger partial charge >= 0.3 is 0 Å². The molecule has 0 amide bonds. The number of aromatic nitrogens is 2. The van der Waals surface area contributed by atoms with Crippen molar-refractivity contribution < 1.29 is 13.5 Å². The molecule has 2 N–H and O–H groups in total. The number of nitrogens with zero attached hydrogens (tertiary/aromatic N) is 1. The van der Waals surface area contributed by atoms with Crippen LogP contribution in [0.2, 0.25) is 20.1 Å². The summed E-state index contributed by atoms with van der Waals surface area (Å²) in [6.45, 7) is 0. The number of hydrogen-bond donors (Lipinski definition) is 2. The lowest BCUT2D eigenvalue weighted by Crippen LogP contribution is -2.09. The van der Waals surface area contributed by atoms with Gasteiger partial charge in [0.15, 0.2) is 9.84 Å². The highest BCUT2D eigenvalue weighted by molar-refractivity contribution is 7.91. The minimum absolute atomic E-state index is 0.113. The first-order valence-corrected chi connectivity index (χ1v) is 13.6. The molecule has 34 heavy (non-hydrogen) atoms. The Labute approximate surface area is 216 Å². The fraction of sp³-hybridized carbons (Fsp3) is 0.208. The zero-order chi connectivity index (χ0) is 24.2. The van der Waals surface area contributed by atoms with Crippen LogP contribution in [-0.4, -0.2) is 29.2 Å². The van der Waals surface area contributed by atoms with Crippen molar-refractivity contribution in [3.05, 3.63) is 80.0 Å². The summed E-state index contributed by atoms with van der Waals surface area (Å²) < 4.78 is 25.1. The number of sulfone groups is 1. The average Bonchev–Trinajstić information content (AvgIpc) is 3.48. The first kappa shape index (κ1) is 23.9. The summed E-state index contributed by atoms with van der Waals surface area (Å²) >= 11 is 25.9. The van der Waals surface area contributed by atoms with E-state index in [4.69, 9.17) is 46.4 Å². The zero-order valence-electron chi connectivity index (χ0n) is 17.5. The quantitative estimate of drug-likeness (QED) is 0.265. The van der Waals surface area contributed by atoms with Crippen LogP contribution in [0.15, 0.2) is 53.4 Å². The van der Waals surface area contributed by atoms with E-state index in [-0.39, 0.29) is 32.4 Å². The molecule has 1 unspecified atom stereocenters. The van der Waals surface area contributed by atoms with Gasteiger partial charge in [-0.15, -0.1) is 0 Å². The van der Waals surface area contributed by atoms with E-state index in [1.165, 1.54) is 18.2 Å². The van der Waals surface area contributed by atoms with Crippen molar-refractivity contribution in [1.82, 2.24) is 9.97 Å². The monoisotopic (exact) mass is 554 g/mol. The third-order valence-electron chi connectivity index (χ3n) is 5.87. The fourth-order valence-electron chi connectivity index (χ4n) is 3.90. The van der Waals surface area contributed by atoms with Crippen LogP contribution in [0.5, 0.6) is 0 Å². The molecule has 1 fully saturated rings. The Kier molecular flexibility index (Phi) is 6.34. The number of aliphatic hydroxyl groups excluding tert-OH is 1. The summed E-state index contributed by atoms with van der Waals surface area (Å²) in [6, 6.07) is 13.2. The van der Waals surface area contributed by atoms with Gasteiger partial charge in [0.2, 0.25) is 0 Å². The molecule has 1 aliphatic rings. The lowest BCUT2D eigenvalue weighted by Gasteiger charge is -2.12. The first-order valence-electron chi connectivity index (χ1n) is 10.5. The molecule has 0 saturated heterocycles. The zero-order valence-corrected chi connectivity index (χ0v) is 21.4. The number of aromatic amines is 1. The molecule has 0 bridgehead atoms. The van der Waals surface area contributed by atoms with Gasteiger partial charge < -0.3 is 10.1 Å². The molecular weight excluding hydrogens is 538 g/mol. The molecular formula is C24H18Cl4N2O3S. The molecule has 3 aromatic carbocycles. The highest BCUT2D eigenvalue weighted by Crippen LogP contribution is 2.43. The van der Waals surface area contributed by atoms with Gasteiger partial charge in [0.1, 0.15) is 17.4 Å². The number of rotatable bonds is 6. The topological polar surface area (TPSA) is 83.1 Å². The molecule has 4 aromatic rings. The van der Waals surface area contributed by atoms with E-state index in [0.29, 0.717) is 37.8 Å². The minimum Gasteiger partial charge on any atom is -0.380 e. The van der Waals surface area contributed by atoms with E-state index >= 15 is 0 Å². The largest absolute Gasteiger partial charge is 0.380 e. The standard InChI is InChI=1S/C24H18Cl4N2O3S/c25-16-4-2-1-3-14(16)20-18(27)10-19-22(21(20)28)30-24(29-19)23(31)15-8-7-13(9-17(15)26)34(32,33)11-12-5-6-12/h1-4,7-10,12,23,31H,5-6,11H2,(H,29,30). The Bertz CT molecular complexity index is 1530. The van der Waals surface area contributed by atoms with Gasteiger partial charge in [0.25, 0.3) is 0 Å². The van der Waals surface area contributed by atoms with Gasteiger partial charge in [-0.2, -0.15) is 0 Å². The third kappa shape index (κ3) is 4.43. The number of aliphatic hydroxyl groups is 1. The summed E-state index contributed by atoms with van der Waals surface area (Å²) in [5, 5.41) is 12.3. The van der Waals surface area contributed by atoms with Crippen LogP contribution >= 0.6 is 46.4 Å². The second-order valence-corrected chi connectivity index (χ2v) is 12.0. The van der Waals surface area contributed by atoms with Crippen molar-refractivity contribution in [1.29, 1.82) is 0 Å². The number of halogens is 4. The first-order chi connectivity index (χ1) is 16.2. The molecule has 1 saturated carbocycles. The predicted molar refractivity (Wildman–Crippen MR) is 137 cm³/mol. The molecule has 0 radical (unpaired) electrons. The van der Waals surface area contributed by atoms with E-state index in [9.17, 15) is 13.5 Å². The van der Waals surface area contributed by atoms with Crippen LogP contribution in [0.25, 0.3) is 22.2 Å². The van der Waals surface area contributed by atoms with E-state index in [0.717, 1.165) is 12.8 Å². The lowest BCUT2D eigenvalue weighted by atomic mass is 10.0. The predicted octanol–water partition coefficient (Wildman–Crippen LogP) is 7.11. The van der Waals surface area contributed by atoms with Crippen LogP contribution in [0.3, 0.4) is 0 Å². The number of imidazole rings is 1. The Morgan fingerprint density at radius 3 is 2.41 bits per heavy atom. The van der Waals surface area contributed by atoms with Gasteiger partial charge in [-0.25, -0.2) is 13.4 Å². The Morgan fingerprint density at radius 1 is 1.00 bits per heavy atom. The maximum atomic E-state index is 12.6. The SMILES string of the molecule is O=S(=O)(CC1CC1)c1ccc(C(O)c2nc3c(Cl)c(-c4ccccc4Cl)c(Cl)cc3[nH]2)c(Cl)c1. The highest BCUT2D eigenvalue weighted by atomic mass is 35.5. The van der Waals surface area contributed by atoms with Crippen molar-refractivity contribution in [2.75, 3.05) is 5.75 Å². The van der Waals surface area contributed by atoms with Crippen LogP contribution in [0.1, 0.15) is 30.3 Å². The van der Waals surface area contributed by atoms with Gasteiger partial charge in [0.05, 0.1) is 26.2 Å². The van der Waals surface area contributed by atoms with E-state index in [2.05, 4.69) is 9.97 Å². The van der Waals surface area contributed by atoms with Crippen molar-refractivity contribution in [3.8, 4) is 11.1 Å². The average molecular weight is 556 g/mol. The second-order valence-electron chi connectivity index (χ2n) is 8.36. The maximum absolute atomic E-state index is 12.6. The van der Waals surface area contributed by atoms with E-state index in [1.54, 1.807) is 18.2 Å². The van der Waals surface area contributed by atoms with Crippen molar-refractivity contribution in [3.63, 3.8) is 0 Å². The van der Waals surface area contributed by atoms with Crippen LogP contribution in [0, 0.1) is 5.92 Å². The smallest absolute Gasteiger partial charge is 0.178 e. The number of nitrogens with one attached hydrogen (secondary N) is 1. The Balaban J connectivity index is 1.52. The number of H-pyrrole nitrogens is 1. The van der Waals surface area contributed by atoms with Gasteiger partial charge in [-0.1, -0.05) is 70.7 Å². The van der Waals surface area contributed by atoms with Crippen LogP contribution < -0.4 is 0 Å². The Hall–Kier alpha value is -1.80. The molecule has 10 heteroatoms. The van der Waals surface area contributed by atoms with E-state index in [1.807, 2.05) is 12.1 Å². The lowest BCUT2D eigenvalue weighted by molar-refractivity contribution is 0.211. The van der Waals surface area contributed by atoms with Crippen LogP contribution in [0.4, 0.5) is 0 Å². The summed E-state index contributed by atoms with van der Waals surface area (Å²) in [4.78, 5) is 7.67. The maximum Gasteiger partial charge on any atom is 0.178 e. The molecule has 1 atom stereocenters. The Morgan fingerprint density at radius 2 is 1.74 bits per heavy atom. The molecule has 0 aliphatic heterocycles. The van der Waals surface area contributed by atoms with E-state index < -0.39 is 15.9 Å². The molecule has 0 spiro atoms. The van der Waals surface area contributed by atoms with Gasteiger partial charge in [0, 0.05) is 26.7 Å². The molecule has 5 nitrogen and oxygen atoms in total. The molecule has 5 rings (SSSR count). The molecule has 1 aliphatic carbocycles. The third-order valence-corrected chi connectivity index (χ3v) is 9.07. The summed E-state index contributed by atoms with van der Waals surface area (Å²) in [5.41, 5.74) is 2.46. The molecule has 176 valence electrons. The van der Waals surface area contributed by atoms with Crippen molar-refractivity contribution in [2.24, 2.45) is 5.92 Å². The number of benzene rings is 3. The van der Waals surface area contributed by atoms with Crippen molar-refractivity contribution in [2.45, 2.75) is 23.8 Å². The van der Waals surface area contributed by atoms with Gasteiger partial charge in [-0.05, 0) is 43.0 Å². The number of fused-ring (bicyclic) bond motifs is 1. The van der Waals surface area contributed by atoms with Crippen molar-refractivity contribution >= 4 is 67.3 Å². The summed E-state index contributed by atoms with van der Waals surface area (Å²) in [7, 11) is -3.42. The molecule has 1 aromatic heterocycles. The summed E-state index contributed by atoms with van der Waals surface area (Å²) in [5.74, 6) is 0.526. The number of hydrogen-bond acceptors (Lipinski definition) is 4. The molecule has 1 heterocycles.